The fourth-order valence-electron chi connectivity index (χ4n) is 2.09. The van der Waals surface area contributed by atoms with E-state index in [-0.39, 0.29) is 23.5 Å². The first kappa shape index (κ1) is 15.1. The predicted molar refractivity (Wildman–Crippen MR) is 80.7 cm³/mol. The highest BCUT2D eigenvalue weighted by atomic mass is 32.1. The van der Waals surface area contributed by atoms with Crippen LogP contribution in [0.1, 0.15) is 37.7 Å². The van der Waals surface area contributed by atoms with Gasteiger partial charge in [-0.05, 0) is 12.1 Å². The van der Waals surface area contributed by atoms with Crippen molar-refractivity contribution in [2.24, 2.45) is 0 Å². The molecule has 7 heteroatoms. The van der Waals surface area contributed by atoms with E-state index in [1.807, 2.05) is 0 Å². The third-order valence-electron chi connectivity index (χ3n) is 3.25. The summed E-state index contributed by atoms with van der Waals surface area (Å²) in [6, 6.07) is 11.6. The van der Waals surface area contributed by atoms with Gasteiger partial charge in [0.1, 0.15) is 4.88 Å². The summed E-state index contributed by atoms with van der Waals surface area (Å²) in [5, 5.41) is 0.487. The standard InChI is InChI=1S/C16H11NO5S/c18-13-8-9-14(19)17(13)22-16(21)12-7-6-11(23-12)15(20)10-4-2-1-3-5-10/h1-7H,8-9H2. The van der Waals surface area contributed by atoms with E-state index in [2.05, 4.69) is 0 Å². The molecular formula is C16H11NO5S. The van der Waals surface area contributed by atoms with Gasteiger partial charge in [0.15, 0.2) is 0 Å². The molecule has 0 N–H and O–H groups in total. The van der Waals surface area contributed by atoms with Crippen LogP contribution in [-0.4, -0.2) is 28.6 Å². The summed E-state index contributed by atoms with van der Waals surface area (Å²) in [6.07, 6.45) is 0.0720. The number of rotatable bonds is 4. The van der Waals surface area contributed by atoms with Crippen LogP contribution in [0.4, 0.5) is 0 Å². The Kier molecular flexibility index (Phi) is 4.03. The molecule has 0 unspecified atom stereocenters. The largest absolute Gasteiger partial charge is 0.373 e. The predicted octanol–water partition coefficient (Wildman–Crippen LogP) is 2.20. The maximum atomic E-state index is 12.3. The van der Waals surface area contributed by atoms with Gasteiger partial charge in [0.05, 0.1) is 4.88 Å². The minimum atomic E-state index is -0.828. The first-order valence-corrected chi connectivity index (χ1v) is 7.65. The molecule has 116 valence electrons. The fraction of sp³-hybridized carbons (Fsp3) is 0.125. The quantitative estimate of drug-likeness (QED) is 0.634. The normalized spacial score (nSPS) is 14.2. The van der Waals surface area contributed by atoms with Gasteiger partial charge in [-0.25, -0.2) is 4.79 Å². The van der Waals surface area contributed by atoms with Crippen molar-refractivity contribution < 1.29 is 24.0 Å². The minimum Gasteiger partial charge on any atom is -0.324 e. The van der Waals surface area contributed by atoms with Crippen LogP contribution in [0.2, 0.25) is 0 Å². The number of thiophene rings is 1. The molecule has 0 spiro atoms. The van der Waals surface area contributed by atoms with Crippen molar-refractivity contribution in [3.05, 3.63) is 57.8 Å². The van der Waals surface area contributed by atoms with Gasteiger partial charge in [0.25, 0.3) is 11.8 Å². The van der Waals surface area contributed by atoms with E-state index in [4.69, 9.17) is 4.84 Å². The average molecular weight is 329 g/mol. The maximum absolute atomic E-state index is 12.3. The highest BCUT2D eigenvalue weighted by Gasteiger charge is 2.33. The lowest BCUT2D eigenvalue weighted by atomic mass is 10.1. The summed E-state index contributed by atoms with van der Waals surface area (Å²) in [6.45, 7) is 0. The topological polar surface area (TPSA) is 80.8 Å². The molecule has 1 aromatic heterocycles. The zero-order valence-electron chi connectivity index (χ0n) is 11.9. The molecule has 1 aliphatic heterocycles. The lowest BCUT2D eigenvalue weighted by Crippen LogP contribution is -2.31. The number of imide groups is 1. The van der Waals surface area contributed by atoms with E-state index in [0.717, 1.165) is 11.3 Å². The fourth-order valence-corrected chi connectivity index (χ4v) is 2.93. The number of hydroxylamine groups is 2. The smallest absolute Gasteiger partial charge is 0.324 e. The Morgan fingerprint density at radius 1 is 0.913 bits per heavy atom. The van der Waals surface area contributed by atoms with Crippen molar-refractivity contribution in [3.8, 4) is 0 Å². The van der Waals surface area contributed by atoms with Gasteiger partial charge in [-0.15, -0.1) is 16.4 Å². The van der Waals surface area contributed by atoms with E-state index in [1.165, 1.54) is 12.1 Å². The summed E-state index contributed by atoms with van der Waals surface area (Å²) in [7, 11) is 0. The molecule has 0 bridgehead atoms. The number of hydrogen-bond donors (Lipinski definition) is 0. The Morgan fingerprint density at radius 2 is 1.52 bits per heavy atom. The van der Waals surface area contributed by atoms with Gasteiger partial charge in [-0.3, -0.25) is 14.4 Å². The molecular weight excluding hydrogens is 318 g/mol. The second kappa shape index (κ2) is 6.13. The average Bonchev–Trinajstić information content (AvgIpc) is 3.17. The van der Waals surface area contributed by atoms with Crippen molar-refractivity contribution in [1.82, 2.24) is 5.06 Å². The van der Waals surface area contributed by atoms with Crippen LogP contribution >= 0.6 is 11.3 Å². The van der Waals surface area contributed by atoms with Crippen LogP contribution in [0.5, 0.6) is 0 Å². The van der Waals surface area contributed by atoms with Gasteiger partial charge in [-0.1, -0.05) is 30.3 Å². The number of carbonyl (C=O) groups excluding carboxylic acids is 4. The van der Waals surface area contributed by atoms with Gasteiger partial charge in [-0.2, -0.15) is 0 Å². The third-order valence-corrected chi connectivity index (χ3v) is 4.31. The monoisotopic (exact) mass is 329 g/mol. The molecule has 0 atom stereocenters. The molecule has 23 heavy (non-hydrogen) atoms. The van der Waals surface area contributed by atoms with Gasteiger partial charge in [0.2, 0.25) is 5.78 Å². The van der Waals surface area contributed by atoms with E-state index >= 15 is 0 Å². The van der Waals surface area contributed by atoms with E-state index in [9.17, 15) is 19.2 Å². The van der Waals surface area contributed by atoms with Crippen molar-refractivity contribution in [2.75, 3.05) is 0 Å². The summed E-state index contributed by atoms with van der Waals surface area (Å²) in [4.78, 5) is 52.5. The molecule has 2 heterocycles. The number of benzene rings is 1. The van der Waals surface area contributed by atoms with E-state index in [1.54, 1.807) is 30.3 Å². The van der Waals surface area contributed by atoms with Crippen molar-refractivity contribution in [2.45, 2.75) is 12.8 Å². The molecule has 1 aromatic carbocycles. The minimum absolute atomic E-state index is 0.0360. The first-order valence-electron chi connectivity index (χ1n) is 6.84. The summed E-state index contributed by atoms with van der Waals surface area (Å²) < 4.78 is 0. The molecule has 0 radical (unpaired) electrons. The Bertz CT molecular complexity index is 780. The van der Waals surface area contributed by atoms with Crippen LogP contribution in [0, 0.1) is 0 Å². The summed E-state index contributed by atoms with van der Waals surface area (Å²) in [5.74, 6) is -2.12. The van der Waals surface area contributed by atoms with Crippen LogP contribution < -0.4 is 0 Å². The number of nitrogens with zero attached hydrogens (tertiary/aromatic N) is 1. The van der Waals surface area contributed by atoms with Crippen LogP contribution in [0.25, 0.3) is 0 Å². The Hall–Kier alpha value is -2.80. The molecule has 0 aliphatic carbocycles. The number of amides is 2. The van der Waals surface area contributed by atoms with Crippen molar-refractivity contribution >= 4 is 34.9 Å². The van der Waals surface area contributed by atoms with Crippen LogP contribution in [0.15, 0.2) is 42.5 Å². The Labute approximate surface area is 135 Å². The third kappa shape index (κ3) is 3.04. The lowest BCUT2D eigenvalue weighted by molar-refractivity contribution is -0.172. The maximum Gasteiger partial charge on any atom is 0.373 e. The van der Waals surface area contributed by atoms with Gasteiger partial charge < -0.3 is 4.84 Å². The molecule has 1 aliphatic rings. The second-order valence-electron chi connectivity index (χ2n) is 4.82. The molecule has 3 rings (SSSR count). The SMILES string of the molecule is O=C(ON1C(=O)CCC1=O)c1ccc(C(=O)c2ccccc2)s1. The summed E-state index contributed by atoms with van der Waals surface area (Å²) in [5.41, 5.74) is 0.513. The van der Waals surface area contributed by atoms with E-state index < -0.39 is 17.8 Å². The van der Waals surface area contributed by atoms with Crippen molar-refractivity contribution in [3.63, 3.8) is 0 Å². The van der Waals surface area contributed by atoms with Crippen molar-refractivity contribution in [1.29, 1.82) is 0 Å². The summed E-state index contributed by atoms with van der Waals surface area (Å²) >= 11 is 0.956. The number of hydrogen-bond acceptors (Lipinski definition) is 6. The van der Waals surface area contributed by atoms with E-state index in [0.29, 0.717) is 15.5 Å². The zero-order chi connectivity index (χ0) is 16.4. The molecule has 0 saturated carbocycles. The van der Waals surface area contributed by atoms with Crippen LogP contribution in [-0.2, 0) is 14.4 Å². The molecule has 1 fully saturated rings. The zero-order valence-corrected chi connectivity index (χ0v) is 12.7. The molecule has 2 aromatic rings. The highest BCUT2D eigenvalue weighted by Crippen LogP contribution is 2.22. The second-order valence-corrected chi connectivity index (χ2v) is 5.90. The Morgan fingerprint density at radius 3 is 2.17 bits per heavy atom. The lowest BCUT2D eigenvalue weighted by Gasteiger charge is -2.11. The Balaban J connectivity index is 1.74. The molecule has 2 amide bonds. The number of ketones is 1. The number of carbonyl (C=O) groups is 4. The molecule has 1 saturated heterocycles. The first-order chi connectivity index (χ1) is 11.1. The van der Waals surface area contributed by atoms with Gasteiger partial charge in [0, 0.05) is 18.4 Å². The highest BCUT2D eigenvalue weighted by molar-refractivity contribution is 7.16. The van der Waals surface area contributed by atoms with Crippen LogP contribution in [0.3, 0.4) is 0 Å². The van der Waals surface area contributed by atoms with Gasteiger partial charge >= 0.3 is 5.97 Å². The molecule has 6 nitrogen and oxygen atoms in total.